The summed E-state index contributed by atoms with van der Waals surface area (Å²) in [6.45, 7) is 6.64. The average Bonchev–Trinajstić information content (AvgIpc) is 3.09. The van der Waals surface area contributed by atoms with Gasteiger partial charge in [0.2, 0.25) is 0 Å². The zero-order valence-corrected chi connectivity index (χ0v) is 17.6. The highest BCUT2D eigenvalue weighted by atomic mass is 16.5. The van der Waals surface area contributed by atoms with E-state index in [0.717, 1.165) is 25.1 Å². The van der Waals surface area contributed by atoms with Gasteiger partial charge in [-0.15, -0.1) is 0 Å². The van der Waals surface area contributed by atoms with Crippen LogP contribution in [0.25, 0.3) is 0 Å². The lowest BCUT2D eigenvalue weighted by Gasteiger charge is -2.28. The van der Waals surface area contributed by atoms with Gasteiger partial charge in [0.15, 0.2) is 5.82 Å². The quantitative estimate of drug-likeness (QED) is 0.305. The third kappa shape index (κ3) is 8.55. The van der Waals surface area contributed by atoms with Crippen molar-refractivity contribution in [3.8, 4) is 0 Å². The molecule has 0 unspecified atom stereocenters. The maximum atomic E-state index is 11.3. The molecule has 0 spiro atoms. The molecule has 0 bridgehead atoms. The summed E-state index contributed by atoms with van der Waals surface area (Å²) in [6.07, 6.45) is 20.9. The first-order valence-corrected chi connectivity index (χ1v) is 11.2. The fraction of sp³-hybridized carbons (Fsp3) is 0.909. The molecule has 4 heteroatoms. The number of H-pyrrole nitrogens is 1. The van der Waals surface area contributed by atoms with E-state index in [4.69, 9.17) is 4.52 Å². The summed E-state index contributed by atoms with van der Waals surface area (Å²) < 4.78 is 4.73. The van der Waals surface area contributed by atoms with Gasteiger partial charge in [0, 0.05) is 5.41 Å². The van der Waals surface area contributed by atoms with Crippen molar-refractivity contribution in [1.29, 1.82) is 0 Å². The Kier molecular flexibility index (Phi) is 12.4. The van der Waals surface area contributed by atoms with Crippen molar-refractivity contribution < 1.29 is 4.52 Å². The first kappa shape index (κ1) is 23.0. The molecular weight excluding hydrogens is 324 g/mol. The number of aromatic amines is 1. The van der Waals surface area contributed by atoms with Crippen LogP contribution in [-0.4, -0.2) is 10.1 Å². The Morgan fingerprint density at radius 1 is 0.769 bits per heavy atom. The summed E-state index contributed by atoms with van der Waals surface area (Å²) in [6, 6.07) is 0. The van der Waals surface area contributed by atoms with E-state index < -0.39 is 5.76 Å². The van der Waals surface area contributed by atoms with Gasteiger partial charge in [-0.05, 0) is 19.3 Å². The summed E-state index contributed by atoms with van der Waals surface area (Å²) in [4.78, 5) is 14.1. The van der Waals surface area contributed by atoms with Gasteiger partial charge in [-0.25, -0.2) is 4.79 Å². The van der Waals surface area contributed by atoms with Crippen LogP contribution in [0.4, 0.5) is 0 Å². The second kappa shape index (κ2) is 14.1. The number of nitrogens with zero attached hydrogens (tertiary/aromatic N) is 1. The minimum atomic E-state index is -0.434. The summed E-state index contributed by atoms with van der Waals surface area (Å²) >= 11 is 0. The Morgan fingerprint density at radius 2 is 1.23 bits per heavy atom. The van der Waals surface area contributed by atoms with E-state index in [1.807, 2.05) is 0 Å². The van der Waals surface area contributed by atoms with Crippen molar-refractivity contribution in [2.45, 2.75) is 129 Å². The zero-order chi connectivity index (χ0) is 19.1. The van der Waals surface area contributed by atoms with E-state index in [1.54, 1.807) is 0 Å². The van der Waals surface area contributed by atoms with Crippen molar-refractivity contribution in [2.75, 3.05) is 0 Å². The predicted octanol–water partition coefficient (Wildman–Crippen LogP) is 6.90. The van der Waals surface area contributed by atoms with Crippen molar-refractivity contribution in [2.24, 2.45) is 0 Å². The van der Waals surface area contributed by atoms with Gasteiger partial charge >= 0.3 is 5.76 Å². The molecule has 0 saturated heterocycles. The van der Waals surface area contributed by atoms with Crippen LogP contribution < -0.4 is 5.76 Å². The summed E-state index contributed by atoms with van der Waals surface area (Å²) in [5, 5.41) is 3.97. The largest absolute Gasteiger partial charge is 0.438 e. The molecule has 0 atom stereocenters. The van der Waals surface area contributed by atoms with Crippen LogP contribution >= 0.6 is 0 Å². The van der Waals surface area contributed by atoms with Crippen molar-refractivity contribution >= 4 is 0 Å². The molecule has 0 saturated carbocycles. The number of hydrogen-bond acceptors (Lipinski definition) is 3. The van der Waals surface area contributed by atoms with Gasteiger partial charge in [-0.2, -0.15) is 0 Å². The van der Waals surface area contributed by atoms with Gasteiger partial charge in [0.05, 0.1) is 0 Å². The molecule has 1 aromatic heterocycles. The normalized spacial score (nSPS) is 12.0. The Morgan fingerprint density at radius 3 is 1.62 bits per heavy atom. The molecule has 0 aliphatic heterocycles. The highest BCUT2D eigenvalue weighted by Crippen LogP contribution is 2.34. The molecular formula is C22H42N2O2. The maximum absolute atomic E-state index is 11.3. The van der Waals surface area contributed by atoms with Crippen molar-refractivity contribution in [3.63, 3.8) is 0 Å². The lowest BCUT2D eigenvalue weighted by atomic mass is 9.77. The van der Waals surface area contributed by atoms with Gasteiger partial charge < -0.3 is 0 Å². The van der Waals surface area contributed by atoms with Gasteiger partial charge in [-0.3, -0.25) is 9.51 Å². The number of nitrogens with one attached hydrogen (secondary N) is 1. The lowest BCUT2D eigenvalue weighted by Crippen LogP contribution is -2.26. The SMILES string of the molecule is CCCCCCCCCCCCCCCC(CC)(CC)c1noc(=O)[nH]1. The topological polar surface area (TPSA) is 58.9 Å². The van der Waals surface area contributed by atoms with Crippen LogP contribution in [0, 0.1) is 0 Å². The molecule has 0 radical (unpaired) electrons. The Balaban J connectivity index is 2.06. The molecule has 0 fully saturated rings. The van der Waals surface area contributed by atoms with E-state index in [0.29, 0.717) is 0 Å². The fourth-order valence-corrected chi connectivity index (χ4v) is 4.00. The number of unbranched alkanes of at least 4 members (excludes halogenated alkanes) is 12. The molecule has 1 aromatic rings. The van der Waals surface area contributed by atoms with E-state index in [2.05, 4.69) is 30.9 Å². The molecule has 0 aromatic carbocycles. The van der Waals surface area contributed by atoms with Gasteiger partial charge in [-0.1, -0.05) is 109 Å². The first-order chi connectivity index (χ1) is 12.7. The first-order valence-electron chi connectivity index (χ1n) is 11.2. The van der Waals surface area contributed by atoms with Crippen molar-refractivity contribution in [3.05, 3.63) is 16.4 Å². The highest BCUT2D eigenvalue weighted by molar-refractivity contribution is 5.04. The standard InChI is InChI=1S/C22H42N2O2/c1-4-7-8-9-10-11-12-13-14-15-16-17-18-19-22(5-2,6-3)20-23-21(25)26-24-20/h4-19H2,1-3H3,(H,23,24,25). The second-order valence-corrected chi connectivity index (χ2v) is 7.92. The molecule has 4 nitrogen and oxygen atoms in total. The Bertz CT molecular complexity index is 488. The van der Waals surface area contributed by atoms with Crippen LogP contribution in [-0.2, 0) is 5.41 Å². The van der Waals surface area contributed by atoms with Crippen LogP contribution in [0.3, 0.4) is 0 Å². The molecule has 1 N–H and O–H groups in total. The van der Waals surface area contributed by atoms with Crippen molar-refractivity contribution in [1.82, 2.24) is 10.1 Å². The summed E-state index contributed by atoms with van der Waals surface area (Å²) in [5.41, 5.74) is -0.0239. The smallest absolute Gasteiger partial charge is 0.296 e. The summed E-state index contributed by atoms with van der Waals surface area (Å²) in [5.74, 6) is 0.308. The lowest BCUT2D eigenvalue weighted by molar-refractivity contribution is 0.305. The average molecular weight is 367 g/mol. The zero-order valence-electron chi connectivity index (χ0n) is 17.6. The van der Waals surface area contributed by atoms with E-state index in [9.17, 15) is 4.79 Å². The van der Waals surface area contributed by atoms with E-state index >= 15 is 0 Å². The predicted molar refractivity (Wildman–Crippen MR) is 110 cm³/mol. The second-order valence-electron chi connectivity index (χ2n) is 7.92. The maximum Gasteiger partial charge on any atom is 0.438 e. The fourth-order valence-electron chi connectivity index (χ4n) is 4.00. The van der Waals surface area contributed by atoms with E-state index in [1.165, 1.54) is 83.5 Å². The molecule has 152 valence electrons. The molecule has 1 heterocycles. The number of rotatable bonds is 17. The molecule has 0 amide bonds. The monoisotopic (exact) mass is 366 g/mol. The molecule has 1 rings (SSSR count). The third-order valence-electron chi connectivity index (χ3n) is 6.06. The minimum Gasteiger partial charge on any atom is -0.296 e. The van der Waals surface area contributed by atoms with E-state index in [-0.39, 0.29) is 5.41 Å². The number of hydrogen-bond donors (Lipinski definition) is 1. The molecule has 26 heavy (non-hydrogen) atoms. The Hall–Kier alpha value is -1.06. The van der Waals surface area contributed by atoms with Gasteiger partial charge in [0.25, 0.3) is 0 Å². The highest BCUT2D eigenvalue weighted by Gasteiger charge is 2.32. The molecule has 0 aliphatic rings. The van der Waals surface area contributed by atoms with Crippen LogP contribution in [0.15, 0.2) is 9.32 Å². The Labute approximate surface area is 160 Å². The van der Waals surface area contributed by atoms with Crippen LogP contribution in [0.1, 0.15) is 129 Å². The third-order valence-corrected chi connectivity index (χ3v) is 6.06. The number of aromatic nitrogens is 2. The van der Waals surface area contributed by atoms with Gasteiger partial charge in [0.1, 0.15) is 0 Å². The minimum absolute atomic E-state index is 0.0239. The molecule has 0 aliphatic carbocycles. The van der Waals surface area contributed by atoms with Crippen LogP contribution in [0.2, 0.25) is 0 Å². The van der Waals surface area contributed by atoms with Crippen LogP contribution in [0.5, 0.6) is 0 Å². The summed E-state index contributed by atoms with van der Waals surface area (Å²) in [7, 11) is 0.